The van der Waals surface area contributed by atoms with Crippen molar-refractivity contribution in [2.75, 3.05) is 18.4 Å². The normalized spacial score (nSPS) is 10.0. The summed E-state index contributed by atoms with van der Waals surface area (Å²) in [5, 5.41) is 9.58. The van der Waals surface area contributed by atoms with Gasteiger partial charge >= 0.3 is 11.8 Å². The van der Waals surface area contributed by atoms with Crippen molar-refractivity contribution in [3.63, 3.8) is 0 Å². The predicted octanol–water partition coefficient (Wildman–Crippen LogP) is 1.03. The number of fused-ring (bicyclic) bond motifs is 1. The maximum atomic E-state index is 11.8. The average molecular weight is 299 g/mol. The molecular formula is C16H17N3O3. The molecule has 3 N–H and O–H groups in total. The lowest BCUT2D eigenvalue weighted by atomic mass is 10.1. The molecule has 0 aliphatic carbocycles. The molecule has 0 radical (unpaired) electrons. The highest BCUT2D eigenvalue weighted by molar-refractivity contribution is 6.39. The van der Waals surface area contributed by atoms with Gasteiger partial charge in [-0.3, -0.25) is 14.4 Å². The van der Waals surface area contributed by atoms with Crippen molar-refractivity contribution in [2.24, 2.45) is 0 Å². The van der Waals surface area contributed by atoms with Gasteiger partial charge in [0.15, 0.2) is 0 Å². The van der Waals surface area contributed by atoms with Gasteiger partial charge in [0, 0.05) is 18.8 Å². The van der Waals surface area contributed by atoms with E-state index in [4.69, 9.17) is 0 Å². The van der Waals surface area contributed by atoms with Crippen molar-refractivity contribution >= 4 is 34.7 Å². The molecule has 0 saturated carbocycles. The fourth-order valence-electron chi connectivity index (χ4n) is 1.99. The van der Waals surface area contributed by atoms with Gasteiger partial charge in [-0.25, -0.2) is 0 Å². The van der Waals surface area contributed by atoms with Crippen LogP contribution in [0.1, 0.15) is 6.42 Å². The number of nitrogens with one attached hydrogen (secondary N) is 3. The van der Waals surface area contributed by atoms with Gasteiger partial charge < -0.3 is 16.0 Å². The standard InChI is InChI=1S/C16H17N3O3/c20-11-17-8-3-9-18-15(21)16(22)19-14-7-6-12-4-1-2-5-13(12)10-14/h1-2,4-7,10-11H,3,8-9H2,(H,17,20)(H,18,21)(H,19,22). The first-order valence-corrected chi connectivity index (χ1v) is 6.96. The van der Waals surface area contributed by atoms with E-state index in [1.165, 1.54) is 0 Å². The van der Waals surface area contributed by atoms with Crippen LogP contribution in [0.4, 0.5) is 5.69 Å². The Balaban J connectivity index is 1.87. The number of rotatable bonds is 6. The first kappa shape index (κ1) is 15.5. The Kier molecular flexibility index (Phi) is 5.48. The summed E-state index contributed by atoms with van der Waals surface area (Å²) >= 11 is 0. The molecule has 0 aliphatic heterocycles. The van der Waals surface area contributed by atoms with Crippen LogP contribution in [0.2, 0.25) is 0 Å². The van der Waals surface area contributed by atoms with Crippen molar-refractivity contribution in [1.29, 1.82) is 0 Å². The van der Waals surface area contributed by atoms with Gasteiger partial charge in [-0.15, -0.1) is 0 Å². The summed E-state index contributed by atoms with van der Waals surface area (Å²) in [6.45, 7) is 0.779. The largest absolute Gasteiger partial charge is 0.359 e. The van der Waals surface area contributed by atoms with Crippen LogP contribution in [0.25, 0.3) is 10.8 Å². The third kappa shape index (κ3) is 4.31. The molecule has 0 atom stereocenters. The Morgan fingerprint density at radius 3 is 2.50 bits per heavy atom. The molecule has 2 rings (SSSR count). The molecule has 0 spiro atoms. The Labute approximate surface area is 127 Å². The molecule has 6 heteroatoms. The van der Waals surface area contributed by atoms with E-state index in [2.05, 4.69) is 16.0 Å². The Morgan fingerprint density at radius 1 is 0.955 bits per heavy atom. The van der Waals surface area contributed by atoms with Crippen LogP contribution in [-0.2, 0) is 14.4 Å². The van der Waals surface area contributed by atoms with Crippen LogP contribution >= 0.6 is 0 Å². The first-order valence-electron chi connectivity index (χ1n) is 6.96. The van der Waals surface area contributed by atoms with Gasteiger partial charge in [-0.2, -0.15) is 0 Å². The molecular weight excluding hydrogens is 282 g/mol. The molecule has 22 heavy (non-hydrogen) atoms. The first-order chi connectivity index (χ1) is 10.7. The third-order valence-electron chi connectivity index (χ3n) is 3.08. The van der Waals surface area contributed by atoms with E-state index >= 15 is 0 Å². The van der Waals surface area contributed by atoms with Crippen LogP contribution in [-0.4, -0.2) is 31.3 Å². The quantitative estimate of drug-likeness (QED) is 0.423. The second-order valence-corrected chi connectivity index (χ2v) is 4.70. The summed E-state index contributed by atoms with van der Waals surface area (Å²) < 4.78 is 0. The van der Waals surface area contributed by atoms with Crippen LogP contribution in [0, 0.1) is 0 Å². The number of carbonyl (C=O) groups is 3. The van der Waals surface area contributed by atoms with E-state index in [9.17, 15) is 14.4 Å². The highest BCUT2D eigenvalue weighted by Crippen LogP contribution is 2.18. The highest BCUT2D eigenvalue weighted by atomic mass is 16.2. The molecule has 0 unspecified atom stereocenters. The summed E-state index contributed by atoms with van der Waals surface area (Å²) in [5.74, 6) is -1.40. The van der Waals surface area contributed by atoms with Gasteiger partial charge in [0.25, 0.3) is 0 Å². The third-order valence-corrected chi connectivity index (χ3v) is 3.08. The van der Waals surface area contributed by atoms with Gasteiger partial charge in [0.2, 0.25) is 6.41 Å². The van der Waals surface area contributed by atoms with Crippen molar-refractivity contribution in [1.82, 2.24) is 10.6 Å². The zero-order valence-corrected chi connectivity index (χ0v) is 12.0. The lowest BCUT2D eigenvalue weighted by Gasteiger charge is -2.07. The lowest BCUT2D eigenvalue weighted by Crippen LogP contribution is -2.36. The monoisotopic (exact) mass is 299 g/mol. The molecule has 0 fully saturated rings. The smallest absolute Gasteiger partial charge is 0.313 e. The van der Waals surface area contributed by atoms with Crippen LogP contribution in [0.15, 0.2) is 42.5 Å². The molecule has 0 aliphatic rings. The van der Waals surface area contributed by atoms with Gasteiger partial charge in [0.1, 0.15) is 0 Å². The molecule has 6 nitrogen and oxygen atoms in total. The van der Waals surface area contributed by atoms with Gasteiger partial charge in [-0.05, 0) is 29.3 Å². The number of carbonyl (C=O) groups excluding carboxylic acids is 3. The number of amides is 3. The van der Waals surface area contributed by atoms with Gasteiger partial charge in [0.05, 0.1) is 0 Å². The predicted molar refractivity (Wildman–Crippen MR) is 84.3 cm³/mol. The molecule has 0 bridgehead atoms. The molecule has 0 heterocycles. The summed E-state index contributed by atoms with van der Waals surface area (Å²) in [6.07, 6.45) is 1.15. The fourth-order valence-corrected chi connectivity index (χ4v) is 1.99. The summed E-state index contributed by atoms with van der Waals surface area (Å²) in [6, 6.07) is 13.2. The second-order valence-electron chi connectivity index (χ2n) is 4.70. The summed E-state index contributed by atoms with van der Waals surface area (Å²) in [7, 11) is 0. The SMILES string of the molecule is O=CNCCCNC(=O)C(=O)Nc1ccc2ccccc2c1. The second kappa shape index (κ2) is 7.78. The topological polar surface area (TPSA) is 87.3 Å². The highest BCUT2D eigenvalue weighted by Gasteiger charge is 2.12. The molecule has 0 saturated heterocycles. The van der Waals surface area contributed by atoms with Crippen LogP contribution < -0.4 is 16.0 Å². The minimum atomic E-state index is -0.710. The van der Waals surface area contributed by atoms with E-state index in [1.807, 2.05) is 36.4 Å². The number of benzene rings is 2. The maximum Gasteiger partial charge on any atom is 0.313 e. The van der Waals surface area contributed by atoms with Gasteiger partial charge in [-0.1, -0.05) is 30.3 Å². The lowest BCUT2D eigenvalue weighted by molar-refractivity contribution is -0.136. The molecule has 2 aromatic carbocycles. The van der Waals surface area contributed by atoms with Crippen molar-refractivity contribution in [3.8, 4) is 0 Å². The molecule has 2 aromatic rings. The number of hydrogen-bond donors (Lipinski definition) is 3. The Morgan fingerprint density at radius 2 is 1.73 bits per heavy atom. The zero-order valence-electron chi connectivity index (χ0n) is 12.0. The minimum Gasteiger partial charge on any atom is -0.359 e. The van der Waals surface area contributed by atoms with E-state index in [0.717, 1.165) is 10.8 Å². The minimum absolute atomic E-state index is 0.324. The molecule has 114 valence electrons. The van der Waals surface area contributed by atoms with Crippen LogP contribution in [0.5, 0.6) is 0 Å². The Bertz CT molecular complexity index is 685. The molecule has 3 amide bonds. The molecule has 0 aromatic heterocycles. The summed E-state index contributed by atoms with van der Waals surface area (Å²) in [4.78, 5) is 33.4. The van der Waals surface area contributed by atoms with E-state index in [-0.39, 0.29) is 0 Å². The number of anilines is 1. The van der Waals surface area contributed by atoms with Crippen molar-refractivity contribution in [3.05, 3.63) is 42.5 Å². The average Bonchev–Trinajstić information content (AvgIpc) is 2.54. The van der Waals surface area contributed by atoms with Crippen LogP contribution in [0.3, 0.4) is 0 Å². The van der Waals surface area contributed by atoms with E-state index in [0.29, 0.717) is 31.6 Å². The number of hydrogen-bond acceptors (Lipinski definition) is 3. The Hall–Kier alpha value is -2.89. The van der Waals surface area contributed by atoms with E-state index in [1.54, 1.807) is 6.07 Å². The van der Waals surface area contributed by atoms with Crippen molar-refractivity contribution < 1.29 is 14.4 Å². The van der Waals surface area contributed by atoms with Crippen molar-refractivity contribution in [2.45, 2.75) is 6.42 Å². The summed E-state index contributed by atoms with van der Waals surface area (Å²) in [5.41, 5.74) is 0.571. The van der Waals surface area contributed by atoms with E-state index < -0.39 is 11.8 Å². The fraction of sp³-hybridized carbons (Fsp3) is 0.188. The zero-order chi connectivity index (χ0) is 15.8. The maximum absolute atomic E-state index is 11.8.